The van der Waals surface area contributed by atoms with Gasteiger partial charge in [0.05, 0.1) is 0 Å². The molecule has 0 aliphatic carbocycles. The van der Waals surface area contributed by atoms with Gasteiger partial charge in [0, 0.05) is 28.6 Å². The van der Waals surface area contributed by atoms with Crippen LogP contribution in [0.4, 0.5) is 5.69 Å². The number of aryl methyl sites for hydroxylation is 1. The lowest BCUT2D eigenvalue weighted by Gasteiger charge is -2.25. The highest BCUT2D eigenvalue weighted by atomic mass is 15.2. The van der Waals surface area contributed by atoms with Crippen LogP contribution in [0.5, 0.6) is 0 Å². The van der Waals surface area contributed by atoms with Crippen LogP contribution in [0.15, 0.2) is 167 Å². The lowest BCUT2D eigenvalue weighted by Crippen LogP contribution is -2.36. The van der Waals surface area contributed by atoms with Crippen LogP contribution in [0.25, 0.3) is 28.3 Å². The summed E-state index contributed by atoms with van der Waals surface area (Å²) >= 11 is 0. The van der Waals surface area contributed by atoms with Gasteiger partial charge < -0.3 is 10.6 Å². The summed E-state index contributed by atoms with van der Waals surface area (Å²) in [7, 11) is 0. The fourth-order valence-corrected chi connectivity index (χ4v) is 6.62. The third-order valence-electron chi connectivity index (χ3n) is 9.34. The van der Waals surface area contributed by atoms with Gasteiger partial charge in [0.2, 0.25) is 0 Å². The molecule has 6 aromatic rings. The number of hydrogen-bond donors (Lipinski definition) is 2. The largest absolute Gasteiger partial charge is 0.360 e. The van der Waals surface area contributed by atoms with E-state index in [2.05, 4.69) is 121 Å². The molecule has 0 fully saturated rings. The number of benzene rings is 6. The van der Waals surface area contributed by atoms with Gasteiger partial charge in [-0.25, -0.2) is 9.98 Å². The molecule has 2 aliphatic rings. The Labute approximate surface area is 293 Å². The molecule has 0 amide bonds. The molecule has 2 heterocycles. The molecule has 2 unspecified atom stereocenters. The van der Waals surface area contributed by atoms with Crippen LogP contribution in [0.2, 0.25) is 0 Å². The molecule has 6 aromatic carbocycles. The number of nitrogens with one attached hydrogen (secondary N) is 2. The van der Waals surface area contributed by atoms with E-state index in [1.54, 1.807) is 0 Å². The zero-order valence-corrected chi connectivity index (χ0v) is 27.9. The van der Waals surface area contributed by atoms with Crippen molar-refractivity contribution in [1.29, 1.82) is 0 Å². The van der Waals surface area contributed by atoms with Gasteiger partial charge in [-0.3, -0.25) is 4.99 Å². The Morgan fingerprint density at radius 3 is 1.98 bits per heavy atom. The van der Waals surface area contributed by atoms with E-state index in [0.29, 0.717) is 0 Å². The summed E-state index contributed by atoms with van der Waals surface area (Å²) in [6.45, 7) is 6.22. The summed E-state index contributed by atoms with van der Waals surface area (Å²) in [5, 5.41) is 7.25. The van der Waals surface area contributed by atoms with Crippen molar-refractivity contribution in [3.63, 3.8) is 0 Å². The van der Waals surface area contributed by atoms with Crippen LogP contribution in [-0.4, -0.2) is 17.9 Å². The standard InChI is InChI=1S/C45H37N5/c1-3-30-19-24-36(25-31(30)4-2)32-20-22-33(23-21-32)38-26-39(42-46-29-37-17-11-12-18-41(37)47-42)28-40(27-38)45-49-43(34-13-7-5-8-14-34)48-44(50-45)35-15-9-6-10-16-35/h4-29,42-43,47H,2-3H2,1H3,(H,48,49,50). The van der Waals surface area contributed by atoms with Gasteiger partial charge in [-0.05, 0) is 81.3 Å². The van der Waals surface area contributed by atoms with E-state index in [1.165, 1.54) is 22.3 Å². The van der Waals surface area contributed by atoms with Crippen molar-refractivity contribution in [2.45, 2.75) is 25.7 Å². The predicted molar refractivity (Wildman–Crippen MR) is 209 cm³/mol. The lowest BCUT2D eigenvalue weighted by molar-refractivity contribution is 0.755. The average Bonchev–Trinajstić information content (AvgIpc) is 3.20. The van der Waals surface area contributed by atoms with Crippen LogP contribution in [0, 0.1) is 0 Å². The second kappa shape index (κ2) is 13.7. The fourth-order valence-electron chi connectivity index (χ4n) is 6.62. The summed E-state index contributed by atoms with van der Waals surface area (Å²) in [4.78, 5) is 15.2. The van der Waals surface area contributed by atoms with E-state index in [1.807, 2.05) is 60.8 Å². The van der Waals surface area contributed by atoms with Crippen molar-refractivity contribution >= 4 is 29.6 Å². The molecule has 2 aliphatic heterocycles. The van der Waals surface area contributed by atoms with Gasteiger partial charge in [0.25, 0.3) is 0 Å². The van der Waals surface area contributed by atoms with Crippen molar-refractivity contribution in [1.82, 2.24) is 5.32 Å². The first-order valence-corrected chi connectivity index (χ1v) is 17.1. The molecule has 0 spiro atoms. The Balaban J connectivity index is 1.22. The van der Waals surface area contributed by atoms with Crippen LogP contribution in [0.3, 0.4) is 0 Å². The van der Waals surface area contributed by atoms with Crippen molar-refractivity contribution < 1.29 is 0 Å². The second-order valence-corrected chi connectivity index (χ2v) is 12.5. The Morgan fingerprint density at radius 2 is 1.24 bits per heavy atom. The van der Waals surface area contributed by atoms with Crippen molar-refractivity contribution in [2.24, 2.45) is 15.0 Å². The molecule has 50 heavy (non-hydrogen) atoms. The van der Waals surface area contributed by atoms with E-state index in [4.69, 9.17) is 15.0 Å². The second-order valence-electron chi connectivity index (χ2n) is 12.5. The van der Waals surface area contributed by atoms with E-state index in [-0.39, 0.29) is 12.3 Å². The molecule has 0 radical (unpaired) electrons. The fraction of sp³-hybridized carbons (Fsp3) is 0.0889. The maximum absolute atomic E-state index is 5.19. The summed E-state index contributed by atoms with van der Waals surface area (Å²) in [6.07, 6.45) is 4.25. The molecule has 8 rings (SSSR count). The highest BCUT2D eigenvalue weighted by Crippen LogP contribution is 2.34. The first-order valence-electron chi connectivity index (χ1n) is 17.1. The minimum absolute atomic E-state index is 0.256. The van der Waals surface area contributed by atoms with Gasteiger partial charge in [-0.1, -0.05) is 135 Å². The number of anilines is 1. The number of rotatable bonds is 8. The molecule has 2 N–H and O–H groups in total. The number of nitrogens with zero attached hydrogens (tertiary/aromatic N) is 3. The van der Waals surface area contributed by atoms with Crippen molar-refractivity contribution in [3.05, 3.63) is 191 Å². The smallest absolute Gasteiger partial charge is 0.169 e. The van der Waals surface area contributed by atoms with Crippen LogP contribution in [0.1, 0.15) is 58.2 Å². The van der Waals surface area contributed by atoms with Gasteiger partial charge in [-0.15, -0.1) is 0 Å². The van der Waals surface area contributed by atoms with Gasteiger partial charge >= 0.3 is 0 Å². The summed E-state index contributed by atoms with van der Waals surface area (Å²) in [5.74, 6) is 1.55. The maximum atomic E-state index is 5.19. The summed E-state index contributed by atoms with van der Waals surface area (Å²) < 4.78 is 0. The normalized spacial score (nSPS) is 16.3. The maximum Gasteiger partial charge on any atom is 0.169 e. The molecule has 0 aromatic heterocycles. The number of para-hydroxylation sites is 1. The van der Waals surface area contributed by atoms with E-state index < -0.39 is 0 Å². The molecular formula is C45H37N5. The highest BCUT2D eigenvalue weighted by Gasteiger charge is 2.23. The van der Waals surface area contributed by atoms with Crippen molar-refractivity contribution in [3.8, 4) is 22.3 Å². The quantitative estimate of drug-likeness (QED) is 0.173. The Morgan fingerprint density at radius 1 is 0.600 bits per heavy atom. The summed E-state index contributed by atoms with van der Waals surface area (Å²) in [6, 6.07) is 50.8. The third kappa shape index (κ3) is 6.29. The Kier molecular flexibility index (Phi) is 8.46. The summed E-state index contributed by atoms with van der Waals surface area (Å²) in [5.41, 5.74) is 13.2. The predicted octanol–water partition coefficient (Wildman–Crippen LogP) is 10.3. The molecule has 5 nitrogen and oxygen atoms in total. The van der Waals surface area contributed by atoms with Crippen LogP contribution >= 0.6 is 0 Å². The average molecular weight is 648 g/mol. The van der Waals surface area contributed by atoms with Crippen LogP contribution < -0.4 is 10.6 Å². The van der Waals surface area contributed by atoms with E-state index >= 15 is 0 Å². The molecule has 2 atom stereocenters. The van der Waals surface area contributed by atoms with E-state index in [9.17, 15) is 0 Å². The molecule has 0 bridgehead atoms. The highest BCUT2D eigenvalue weighted by molar-refractivity contribution is 6.16. The Bertz CT molecular complexity index is 2270. The van der Waals surface area contributed by atoms with Gasteiger partial charge in [0.1, 0.15) is 17.8 Å². The Hall–Kier alpha value is -6.33. The van der Waals surface area contributed by atoms with E-state index in [0.717, 1.165) is 62.7 Å². The number of hydrogen-bond acceptors (Lipinski definition) is 5. The zero-order chi connectivity index (χ0) is 33.9. The number of fused-ring (bicyclic) bond motifs is 1. The minimum Gasteiger partial charge on any atom is -0.360 e. The SMILES string of the molecule is C=Cc1cc(-c2ccc(-c3cc(C4=NC(c5ccccc5)N=C(c5ccccc5)N4)cc(C4N=Cc5ccccc5N4)c3)cc2)ccc1CC. The number of amidine groups is 2. The van der Waals surface area contributed by atoms with Gasteiger partial charge in [0.15, 0.2) is 6.17 Å². The zero-order valence-electron chi connectivity index (χ0n) is 27.9. The molecule has 242 valence electrons. The molecular weight excluding hydrogens is 611 g/mol. The molecule has 0 saturated heterocycles. The monoisotopic (exact) mass is 647 g/mol. The lowest BCUT2D eigenvalue weighted by atomic mass is 9.94. The molecule has 0 saturated carbocycles. The minimum atomic E-state index is -0.383. The number of aliphatic imine (C=N–C) groups is 3. The van der Waals surface area contributed by atoms with Crippen molar-refractivity contribution in [2.75, 3.05) is 5.32 Å². The van der Waals surface area contributed by atoms with Gasteiger partial charge in [-0.2, -0.15) is 0 Å². The third-order valence-corrected chi connectivity index (χ3v) is 9.34. The first-order chi connectivity index (χ1) is 24.6. The first kappa shape index (κ1) is 31.0. The van der Waals surface area contributed by atoms with Crippen LogP contribution in [-0.2, 0) is 6.42 Å². The molecule has 5 heteroatoms. The topological polar surface area (TPSA) is 61.1 Å².